The highest BCUT2D eigenvalue weighted by molar-refractivity contribution is 6.36. The highest BCUT2D eigenvalue weighted by atomic mass is 35.5. The van der Waals surface area contributed by atoms with Gasteiger partial charge in [0.1, 0.15) is 5.82 Å². The van der Waals surface area contributed by atoms with Gasteiger partial charge in [0.05, 0.1) is 28.4 Å². The largest absolute Gasteiger partial charge is 0.393 e. The number of carbonyl (C=O) groups excluding carboxylic acids is 2. The van der Waals surface area contributed by atoms with Gasteiger partial charge in [0.25, 0.3) is 17.7 Å². The fourth-order valence-electron chi connectivity index (χ4n) is 3.87. The number of aliphatic hydroxyl groups is 2. The molecule has 1 atom stereocenters. The van der Waals surface area contributed by atoms with Gasteiger partial charge in [-0.3, -0.25) is 9.59 Å². The van der Waals surface area contributed by atoms with Gasteiger partial charge in [-0.2, -0.15) is 0 Å². The van der Waals surface area contributed by atoms with Crippen molar-refractivity contribution < 1.29 is 28.6 Å². The Morgan fingerprint density at radius 2 is 1.75 bits per heavy atom. The molecule has 0 saturated carbocycles. The van der Waals surface area contributed by atoms with Crippen LogP contribution < -0.4 is 10.2 Å². The molecule has 2 amide bonds. The summed E-state index contributed by atoms with van der Waals surface area (Å²) in [5.41, 5.74) is -3.17. The van der Waals surface area contributed by atoms with Crippen LogP contribution in [0, 0.1) is 0 Å². The molecule has 2 heterocycles. The smallest absolute Gasteiger partial charge is 0.284 e. The normalized spacial score (nSPS) is 18.8. The third-order valence-corrected chi connectivity index (χ3v) is 6.65. The molecule has 7 nitrogen and oxygen atoms in total. The Balaban J connectivity index is 1.62. The van der Waals surface area contributed by atoms with Crippen LogP contribution in [0.4, 0.5) is 20.3 Å². The van der Waals surface area contributed by atoms with E-state index in [4.69, 9.17) is 34.8 Å². The maximum atomic E-state index is 14.9. The first-order valence-corrected chi connectivity index (χ1v) is 11.7. The van der Waals surface area contributed by atoms with Crippen molar-refractivity contribution in [3.05, 3.63) is 86.5 Å². The van der Waals surface area contributed by atoms with E-state index in [1.165, 1.54) is 48.7 Å². The zero-order chi connectivity index (χ0) is 26.3. The summed E-state index contributed by atoms with van der Waals surface area (Å²) in [5.74, 6) is -4.89. The molecule has 4 rings (SSSR count). The number of nitrogens with one attached hydrogen (secondary N) is 1. The van der Waals surface area contributed by atoms with Crippen LogP contribution >= 0.6 is 34.8 Å². The van der Waals surface area contributed by atoms with Crippen LogP contribution in [0.1, 0.15) is 32.7 Å². The highest BCUT2D eigenvalue weighted by Crippen LogP contribution is 2.47. The van der Waals surface area contributed by atoms with Crippen LogP contribution in [0.3, 0.4) is 0 Å². The second kappa shape index (κ2) is 9.91. The summed E-state index contributed by atoms with van der Waals surface area (Å²) < 4.78 is 29.7. The first kappa shape index (κ1) is 26.2. The van der Waals surface area contributed by atoms with Crippen molar-refractivity contribution in [2.24, 2.45) is 0 Å². The predicted molar refractivity (Wildman–Crippen MR) is 132 cm³/mol. The van der Waals surface area contributed by atoms with E-state index in [-0.39, 0.29) is 38.2 Å². The highest BCUT2D eigenvalue weighted by Gasteiger charge is 2.56. The van der Waals surface area contributed by atoms with Gasteiger partial charge in [-0.25, -0.2) is 13.8 Å². The number of anilines is 2. The first-order valence-electron chi connectivity index (χ1n) is 10.5. The molecule has 1 aliphatic rings. The predicted octanol–water partition coefficient (Wildman–Crippen LogP) is 5.16. The number of hydrogen-bond acceptors (Lipinski definition) is 5. The lowest BCUT2D eigenvalue weighted by Gasteiger charge is -2.33. The number of aliphatic hydroxyl groups excluding tert-OH is 1. The maximum Gasteiger partial charge on any atom is 0.284 e. The van der Waals surface area contributed by atoms with Crippen molar-refractivity contribution in [1.82, 2.24) is 4.98 Å². The van der Waals surface area contributed by atoms with Crippen molar-refractivity contribution in [2.45, 2.75) is 17.9 Å². The second-order valence-electron chi connectivity index (χ2n) is 8.10. The lowest BCUT2D eigenvalue weighted by molar-refractivity contribution is -0.205. The minimum absolute atomic E-state index is 0.0221. The standard InChI is InChI=1S/C24H18Cl3F2N3O4/c25-14-2-4-18(27)16(9-14)21(34)31-20-6-1-13(11-30-20)22(35)32-8-7-24(28,29)23(36,12-33)17-10-15(26)3-5-19(17)32/h1-6,9-11,33,36H,7-8,12H2,(H,30,31,34)/t23-/m0/s1. The lowest BCUT2D eigenvalue weighted by Crippen LogP contribution is -2.48. The lowest BCUT2D eigenvalue weighted by atomic mass is 9.86. The third kappa shape index (κ3) is 4.77. The molecule has 0 fully saturated rings. The number of hydrogen-bond donors (Lipinski definition) is 3. The zero-order valence-corrected chi connectivity index (χ0v) is 20.6. The Morgan fingerprint density at radius 1 is 1.06 bits per heavy atom. The average molecular weight is 557 g/mol. The monoisotopic (exact) mass is 555 g/mol. The number of aromatic nitrogens is 1. The Bertz CT molecular complexity index is 1340. The van der Waals surface area contributed by atoms with E-state index in [1.807, 2.05) is 0 Å². The molecule has 0 aliphatic carbocycles. The number of nitrogens with zero attached hydrogens (tertiary/aromatic N) is 2. The SMILES string of the molecule is O=C(Nc1ccc(C(=O)N2CCC(F)(F)[C@](O)(CO)c3cc(Cl)ccc32)cn1)c1cc(Cl)ccc1Cl. The number of alkyl halides is 2. The van der Waals surface area contributed by atoms with Gasteiger partial charge in [0, 0.05) is 34.8 Å². The Hall–Kier alpha value is -2.82. The van der Waals surface area contributed by atoms with E-state index in [1.54, 1.807) is 0 Å². The molecule has 0 bridgehead atoms. The van der Waals surface area contributed by atoms with Gasteiger partial charge in [-0.15, -0.1) is 0 Å². The molecule has 12 heteroatoms. The van der Waals surface area contributed by atoms with Gasteiger partial charge in [-0.1, -0.05) is 34.8 Å². The summed E-state index contributed by atoms with van der Waals surface area (Å²) >= 11 is 17.9. The van der Waals surface area contributed by atoms with Crippen molar-refractivity contribution in [1.29, 1.82) is 0 Å². The van der Waals surface area contributed by atoms with Crippen LogP contribution in [0.2, 0.25) is 15.1 Å². The molecule has 0 radical (unpaired) electrons. The fourth-order valence-corrected chi connectivity index (χ4v) is 4.42. The minimum Gasteiger partial charge on any atom is -0.393 e. The second-order valence-corrected chi connectivity index (χ2v) is 9.38. The Morgan fingerprint density at radius 3 is 2.42 bits per heavy atom. The molecule has 3 aromatic rings. The number of carbonyl (C=O) groups is 2. The van der Waals surface area contributed by atoms with E-state index >= 15 is 0 Å². The molecule has 1 aromatic heterocycles. The quantitative estimate of drug-likeness (QED) is 0.412. The van der Waals surface area contributed by atoms with Gasteiger partial charge < -0.3 is 20.4 Å². The maximum absolute atomic E-state index is 14.9. The van der Waals surface area contributed by atoms with Crippen molar-refractivity contribution in [3.63, 3.8) is 0 Å². The van der Waals surface area contributed by atoms with Crippen molar-refractivity contribution in [2.75, 3.05) is 23.4 Å². The zero-order valence-electron chi connectivity index (χ0n) is 18.3. The van der Waals surface area contributed by atoms with Crippen LogP contribution in [-0.4, -0.2) is 46.1 Å². The number of rotatable bonds is 4. The van der Waals surface area contributed by atoms with E-state index < -0.39 is 42.9 Å². The molecule has 3 N–H and O–H groups in total. The van der Waals surface area contributed by atoms with E-state index in [2.05, 4.69) is 10.3 Å². The molecular weight excluding hydrogens is 539 g/mol. The van der Waals surface area contributed by atoms with Gasteiger partial charge in [0.2, 0.25) is 0 Å². The molecule has 0 spiro atoms. The van der Waals surface area contributed by atoms with E-state index in [0.717, 1.165) is 11.0 Å². The van der Waals surface area contributed by atoms with Gasteiger partial charge in [0.15, 0.2) is 5.60 Å². The molecule has 0 unspecified atom stereocenters. The van der Waals surface area contributed by atoms with E-state index in [9.17, 15) is 28.6 Å². The number of pyridine rings is 1. The molecule has 188 valence electrons. The number of halogens is 5. The number of amides is 2. The summed E-state index contributed by atoms with van der Waals surface area (Å²) in [7, 11) is 0. The Labute approximate surface area is 219 Å². The summed E-state index contributed by atoms with van der Waals surface area (Å²) in [6.45, 7) is -1.73. The summed E-state index contributed by atoms with van der Waals surface area (Å²) in [4.78, 5) is 30.9. The first-order chi connectivity index (χ1) is 17.0. The van der Waals surface area contributed by atoms with Crippen molar-refractivity contribution >= 4 is 58.1 Å². The Kier molecular flexibility index (Phi) is 7.23. The summed E-state index contributed by atoms with van der Waals surface area (Å²) in [6.07, 6.45) is 0.262. The average Bonchev–Trinajstić information content (AvgIpc) is 2.93. The third-order valence-electron chi connectivity index (χ3n) is 5.85. The number of fused-ring (bicyclic) bond motifs is 1. The molecular formula is C24H18Cl3F2N3O4. The molecule has 0 saturated heterocycles. The molecule has 36 heavy (non-hydrogen) atoms. The fraction of sp³-hybridized carbons (Fsp3) is 0.208. The number of benzene rings is 2. The topological polar surface area (TPSA) is 103 Å². The van der Waals surface area contributed by atoms with Gasteiger partial charge in [-0.05, 0) is 48.5 Å². The van der Waals surface area contributed by atoms with Crippen LogP contribution in [0.5, 0.6) is 0 Å². The summed E-state index contributed by atoms with van der Waals surface area (Å²) in [5, 5.41) is 23.5. The van der Waals surface area contributed by atoms with Crippen LogP contribution in [-0.2, 0) is 5.60 Å². The molecule has 1 aliphatic heterocycles. The van der Waals surface area contributed by atoms with Gasteiger partial charge >= 0.3 is 0 Å². The minimum atomic E-state index is -3.75. The van der Waals surface area contributed by atoms with Crippen LogP contribution in [0.25, 0.3) is 0 Å². The van der Waals surface area contributed by atoms with E-state index in [0.29, 0.717) is 5.02 Å². The summed E-state index contributed by atoms with van der Waals surface area (Å²) in [6, 6.07) is 10.9. The molecule has 2 aromatic carbocycles. The van der Waals surface area contributed by atoms with Crippen molar-refractivity contribution in [3.8, 4) is 0 Å². The van der Waals surface area contributed by atoms with Crippen LogP contribution in [0.15, 0.2) is 54.7 Å².